The van der Waals surface area contributed by atoms with E-state index in [1.165, 1.54) is 19.8 Å². The highest BCUT2D eigenvalue weighted by Gasteiger charge is 2.39. The number of hydrogen-bond donors (Lipinski definition) is 3. The zero-order valence-electron chi connectivity index (χ0n) is 20.0. The fourth-order valence-electron chi connectivity index (χ4n) is 6.10. The van der Waals surface area contributed by atoms with Gasteiger partial charge in [0.2, 0.25) is 5.75 Å². The standard InChI is InChI=1S/C28H28O7/c1-32-20-11-19(29)15-5-4-13-8-21-26(17-7-6-16(20)25(15)24(13)17)27(30)18(12-35-21)14-9-22(33-2)28(31)23(10-14)34-3/h8-11,18,27,29-31H,4-7,12H2,1-3H3/t18-,27-/m0/s1. The highest BCUT2D eigenvalue weighted by molar-refractivity contribution is 5.86. The molecule has 0 unspecified atom stereocenters. The third-order valence-electron chi connectivity index (χ3n) is 7.76. The van der Waals surface area contributed by atoms with Crippen molar-refractivity contribution in [3.8, 4) is 45.6 Å². The van der Waals surface area contributed by atoms with Gasteiger partial charge in [-0.3, -0.25) is 0 Å². The van der Waals surface area contributed by atoms with Gasteiger partial charge in [-0.15, -0.1) is 0 Å². The van der Waals surface area contributed by atoms with Crippen LogP contribution in [0.5, 0.6) is 34.5 Å². The number of aliphatic hydroxyl groups excluding tert-OH is 1. The van der Waals surface area contributed by atoms with Gasteiger partial charge in [-0.05, 0) is 71.7 Å². The smallest absolute Gasteiger partial charge is 0.200 e. The van der Waals surface area contributed by atoms with E-state index in [-0.39, 0.29) is 28.9 Å². The van der Waals surface area contributed by atoms with E-state index >= 15 is 0 Å². The lowest BCUT2D eigenvalue weighted by atomic mass is 9.71. The van der Waals surface area contributed by atoms with Crippen LogP contribution in [0.25, 0.3) is 11.1 Å². The summed E-state index contributed by atoms with van der Waals surface area (Å²) in [5, 5.41) is 32.8. The van der Waals surface area contributed by atoms with Gasteiger partial charge in [-0.1, -0.05) is 0 Å². The molecule has 0 bridgehead atoms. The summed E-state index contributed by atoms with van der Waals surface area (Å²) in [6, 6.07) is 7.23. The first-order valence-electron chi connectivity index (χ1n) is 11.8. The van der Waals surface area contributed by atoms with Crippen LogP contribution in [0.3, 0.4) is 0 Å². The Hall–Kier alpha value is -3.58. The number of ether oxygens (including phenoxy) is 4. The fraction of sp³-hybridized carbons (Fsp3) is 0.357. The molecule has 3 aromatic carbocycles. The Morgan fingerprint density at radius 3 is 2.11 bits per heavy atom. The predicted octanol–water partition coefficient (Wildman–Crippen LogP) is 4.20. The van der Waals surface area contributed by atoms with Crippen molar-refractivity contribution in [3.05, 3.63) is 57.6 Å². The SMILES string of the molecule is COc1cc([C@@H]2COc3cc4c5c(c3[C@H]2O)CCc2c(OC)cc(O)c(c2-5)CC4)cc(OC)c1O. The van der Waals surface area contributed by atoms with Crippen LogP contribution in [-0.4, -0.2) is 43.3 Å². The van der Waals surface area contributed by atoms with E-state index in [0.717, 1.165) is 70.4 Å². The van der Waals surface area contributed by atoms with Crippen molar-refractivity contribution in [2.45, 2.75) is 37.7 Å². The van der Waals surface area contributed by atoms with E-state index < -0.39 is 6.10 Å². The van der Waals surface area contributed by atoms with Crippen LogP contribution in [0.1, 0.15) is 45.4 Å². The number of phenols is 2. The Morgan fingerprint density at radius 2 is 1.43 bits per heavy atom. The van der Waals surface area contributed by atoms with E-state index in [9.17, 15) is 15.3 Å². The second kappa shape index (κ2) is 7.99. The molecule has 1 aliphatic heterocycles. The normalized spacial score (nSPS) is 19.3. The monoisotopic (exact) mass is 476 g/mol. The predicted molar refractivity (Wildman–Crippen MR) is 129 cm³/mol. The molecule has 7 nitrogen and oxygen atoms in total. The van der Waals surface area contributed by atoms with Gasteiger partial charge in [0.25, 0.3) is 0 Å². The van der Waals surface area contributed by atoms with E-state index in [4.69, 9.17) is 18.9 Å². The Morgan fingerprint density at radius 1 is 0.771 bits per heavy atom. The lowest BCUT2D eigenvalue weighted by Gasteiger charge is -2.38. The summed E-state index contributed by atoms with van der Waals surface area (Å²) in [4.78, 5) is 0. The van der Waals surface area contributed by atoms with Crippen LogP contribution in [0.15, 0.2) is 24.3 Å². The molecule has 0 spiro atoms. The van der Waals surface area contributed by atoms with Crippen molar-refractivity contribution in [2.75, 3.05) is 27.9 Å². The molecular weight excluding hydrogens is 448 g/mol. The molecule has 0 aromatic heterocycles. The van der Waals surface area contributed by atoms with Crippen LogP contribution in [-0.2, 0) is 25.7 Å². The molecule has 3 N–H and O–H groups in total. The lowest BCUT2D eigenvalue weighted by Crippen LogP contribution is -2.28. The average Bonchev–Trinajstić information content (AvgIpc) is 2.88. The second-order valence-electron chi connectivity index (χ2n) is 9.37. The van der Waals surface area contributed by atoms with Gasteiger partial charge >= 0.3 is 0 Å². The summed E-state index contributed by atoms with van der Waals surface area (Å²) in [7, 11) is 4.60. The van der Waals surface area contributed by atoms with Crippen molar-refractivity contribution in [1.29, 1.82) is 0 Å². The minimum atomic E-state index is -0.816. The highest BCUT2D eigenvalue weighted by Crippen LogP contribution is 2.54. The van der Waals surface area contributed by atoms with Crippen molar-refractivity contribution >= 4 is 0 Å². The molecule has 3 aromatic rings. The average molecular weight is 477 g/mol. The molecule has 0 fully saturated rings. The Balaban J connectivity index is 1.52. The molecule has 2 atom stereocenters. The van der Waals surface area contributed by atoms with Crippen LogP contribution in [0, 0.1) is 0 Å². The van der Waals surface area contributed by atoms with Gasteiger partial charge < -0.3 is 34.3 Å². The minimum absolute atomic E-state index is 0.0765. The number of methoxy groups -OCH3 is 3. The summed E-state index contributed by atoms with van der Waals surface area (Å²) in [5.41, 5.74) is 8.03. The number of hydrogen-bond acceptors (Lipinski definition) is 7. The first kappa shape index (κ1) is 21.9. The van der Waals surface area contributed by atoms with Gasteiger partial charge in [0.05, 0.1) is 34.0 Å². The summed E-state index contributed by atoms with van der Waals surface area (Å²) < 4.78 is 22.5. The van der Waals surface area contributed by atoms with Gasteiger partial charge in [0, 0.05) is 28.7 Å². The molecule has 3 aliphatic rings. The molecule has 2 aliphatic carbocycles. The van der Waals surface area contributed by atoms with E-state index in [0.29, 0.717) is 12.4 Å². The first-order chi connectivity index (χ1) is 17.0. The Bertz CT molecular complexity index is 1340. The molecule has 1 heterocycles. The van der Waals surface area contributed by atoms with Crippen molar-refractivity contribution in [2.24, 2.45) is 0 Å². The summed E-state index contributed by atoms with van der Waals surface area (Å²) in [5.74, 6) is 1.80. The lowest BCUT2D eigenvalue weighted by molar-refractivity contribution is 0.0877. The second-order valence-corrected chi connectivity index (χ2v) is 9.37. The molecule has 7 heteroatoms. The van der Waals surface area contributed by atoms with E-state index in [1.807, 2.05) is 0 Å². The molecule has 6 rings (SSSR count). The number of rotatable bonds is 4. The summed E-state index contributed by atoms with van der Waals surface area (Å²) >= 11 is 0. The van der Waals surface area contributed by atoms with Crippen molar-refractivity contribution in [1.82, 2.24) is 0 Å². The maximum Gasteiger partial charge on any atom is 0.200 e. The fourth-order valence-corrected chi connectivity index (χ4v) is 6.10. The van der Waals surface area contributed by atoms with Crippen LogP contribution >= 0.6 is 0 Å². The van der Waals surface area contributed by atoms with Gasteiger partial charge in [0.15, 0.2) is 11.5 Å². The number of aliphatic hydroxyl groups is 1. The zero-order valence-corrected chi connectivity index (χ0v) is 20.0. The summed E-state index contributed by atoms with van der Waals surface area (Å²) in [6.07, 6.45) is 2.24. The third-order valence-corrected chi connectivity index (χ3v) is 7.76. The van der Waals surface area contributed by atoms with Gasteiger partial charge in [-0.25, -0.2) is 0 Å². The van der Waals surface area contributed by atoms with E-state index in [1.54, 1.807) is 25.3 Å². The quantitative estimate of drug-likeness (QED) is 0.519. The number of benzene rings is 3. The topological polar surface area (TPSA) is 97.6 Å². The Labute approximate surface area is 203 Å². The maximum atomic E-state index is 11.7. The van der Waals surface area contributed by atoms with Crippen LogP contribution < -0.4 is 18.9 Å². The van der Waals surface area contributed by atoms with Gasteiger partial charge in [-0.2, -0.15) is 0 Å². The van der Waals surface area contributed by atoms with E-state index in [2.05, 4.69) is 6.07 Å². The number of aryl methyl sites for hydroxylation is 1. The molecule has 182 valence electrons. The third kappa shape index (κ3) is 3.07. The maximum absolute atomic E-state index is 11.7. The summed E-state index contributed by atoms with van der Waals surface area (Å²) in [6.45, 7) is 0.292. The van der Waals surface area contributed by atoms with Crippen molar-refractivity contribution < 1.29 is 34.3 Å². The Kier molecular flexibility index (Phi) is 5.00. The first-order valence-corrected chi connectivity index (χ1v) is 11.8. The largest absolute Gasteiger partial charge is 0.508 e. The van der Waals surface area contributed by atoms with Crippen LogP contribution in [0.2, 0.25) is 0 Å². The molecule has 0 saturated carbocycles. The zero-order chi connectivity index (χ0) is 24.4. The van der Waals surface area contributed by atoms with Crippen LogP contribution in [0.4, 0.5) is 0 Å². The van der Waals surface area contributed by atoms with Gasteiger partial charge in [0.1, 0.15) is 17.2 Å². The number of phenolic OH excluding ortho intramolecular Hbond substituents is 2. The number of fused-ring (bicyclic) bond motifs is 2. The number of aromatic hydroxyl groups is 2. The highest BCUT2D eigenvalue weighted by atomic mass is 16.5. The van der Waals surface area contributed by atoms with Crippen molar-refractivity contribution in [3.63, 3.8) is 0 Å². The molecular formula is C28H28O7. The minimum Gasteiger partial charge on any atom is -0.508 e. The molecule has 0 amide bonds. The molecule has 0 saturated heterocycles. The molecule has 35 heavy (non-hydrogen) atoms. The molecule has 0 radical (unpaired) electrons.